The van der Waals surface area contributed by atoms with E-state index in [4.69, 9.17) is 14.2 Å². The van der Waals surface area contributed by atoms with Gasteiger partial charge in [-0.3, -0.25) is 20.2 Å². The van der Waals surface area contributed by atoms with Crippen molar-refractivity contribution >= 4 is 45.0 Å². The first-order valence-electron chi connectivity index (χ1n) is 10.4. The molecule has 2 amide bonds. The second kappa shape index (κ2) is 12.3. The summed E-state index contributed by atoms with van der Waals surface area (Å²) < 4.78 is 15.9. The van der Waals surface area contributed by atoms with Crippen LogP contribution in [0.3, 0.4) is 0 Å². The largest absolute Gasteiger partial charge is 0.493 e. The van der Waals surface area contributed by atoms with Crippen LogP contribution in [0.25, 0.3) is 0 Å². The van der Waals surface area contributed by atoms with Crippen molar-refractivity contribution in [2.24, 2.45) is 0 Å². The standard InChI is InChI=1S/C22H24N4O7S2/c1-14-6-7-25(13-14)21(27)16-10-18(31-2)19(32-3)11-17(16)24-22(28)33-8-9-34-35-20-5-4-15(12-23-20)26(29)30/h4-5,10-12H,1,6-9,13H2,2-3H3,(H,24,28). The highest BCUT2D eigenvalue weighted by Gasteiger charge is 2.26. The summed E-state index contributed by atoms with van der Waals surface area (Å²) in [5, 5.41) is 13.9. The van der Waals surface area contributed by atoms with Crippen LogP contribution in [0, 0.1) is 10.1 Å². The monoisotopic (exact) mass is 520 g/mol. The molecule has 186 valence electrons. The van der Waals surface area contributed by atoms with Crippen LogP contribution in [0.2, 0.25) is 0 Å². The normalized spacial score (nSPS) is 12.9. The fourth-order valence-corrected chi connectivity index (χ4v) is 4.86. The van der Waals surface area contributed by atoms with Gasteiger partial charge in [0.25, 0.3) is 11.6 Å². The van der Waals surface area contributed by atoms with Gasteiger partial charge in [0.1, 0.15) is 17.8 Å². The number of pyridine rings is 1. The Kier molecular flexibility index (Phi) is 9.20. The van der Waals surface area contributed by atoms with Gasteiger partial charge in [-0.1, -0.05) is 22.9 Å². The van der Waals surface area contributed by atoms with Crippen molar-refractivity contribution in [1.82, 2.24) is 9.88 Å². The van der Waals surface area contributed by atoms with Crippen molar-refractivity contribution in [2.45, 2.75) is 11.4 Å². The summed E-state index contributed by atoms with van der Waals surface area (Å²) >= 11 is 0. The number of methoxy groups -OCH3 is 2. The number of anilines is 1. The molecular weight excluding hydrogens is 496 g/mol. The van der Waals surface area contributed by atoms with Gasteiger partial charge >= 0.3 is 6.09 Å². The SMILES string of the molecule is C=C1CCN(C(=O)c2cc(OC)c(OC)cc2NC(=O)OCCSSc2ccc([N+](=O)[O-])cn2)C1. The Morgan fingerprint density at radius 1 is 1.26 bits per heavy atom. The molecule has 0 bridgehead atoms. The number of nitro groups is 1. The molecule has 1 aliphatic heterocycles. The molecular formula is C22H24N4O7S2. The molecule has 35 heavy (non-hydrogen) atoms. The predicted octanol–water partition coefficient (Wildman–Crippen LogP) is 4.40. The summed E-state index contributed by atoms with van der Waals surface area (Å²) in [4.78, 5) is 41.3. The Morgan fingerprint density at radius 2 is 2.00 bits per heavy atom. The smallest absolute Gasteiger partial charge is 0.411 e. The molecule has 3 rings (SSSR count). The molecule has 0 radical (unpaired) electrons. The van der Waals surface area contributed by atoms with Crippen LogP contribution >= 0.6 is 21.6 Å². The summed E-state index contributed by atoms with van der Waals surface area (Å²) in [5.74, 6) is 0.904. The zero-order chi connectivity index (χ0) is 25.4. The molecule has 0 aliphatic carbocycles. The zero-order valence-electron chi connectivity index (χ0n) is 19.1. The lowest BCUT2D eigenvalue weighted by atomic mass is 10.1. The number of nitrogens with zero attached hydrogens (tertiary/aromatic N) is 3. The van der Waals surface area contributed by atoms with Crippen LogP contribution in [0.1, 0.15) is 16.8 Å². The minimum absolute atomic E-state index is 0.0815. The van der Waals surface area contributed by atoms with Gasteiger partial charge in [0, 0.05) is 31.0 Å². The molecule has 1 N–H and O–H groups in total. The fourth-order valence-electron chi connectivity index (χ4n) is 3.17. The van der Waals surface area contributed by atoms with Crippen molar-refractivity contribution in [3.63, 3.8) is 0 Å². The van der Waals surface area contributed by atoms with Crippen molar-refractivity contribution < 1.29 is 28.7 Å². The van der Waals surface area contributed by atoms with Crippen molar-refractivity contribution in [3.05, 3.63) is 58.3 Å². The summed E-state index contributed by atoms with van der Waals surface area (Å²) in [6.45, 7) is 5.03. The topological polar surface area (TPSA) is 133 Å². The lowest BCUT2D eigenvalue weighted by Crippen LogP contribution is -2.29. The summed E-state index contributed by atoms with van der Waals surface area (Å²) in [5.41, 5.74) is 1.38. The highest BCUT2D eigenvalue weighted by Crippen LogP contribution is 2.35. The van der Waals surface area contributed by atoms with Gasteiger partial charge in [-0.05, 0) is 29.3 Å². The van der Waals surface area contributed by atoms with Crippen LogP contribution in [-0.2, 0) is 4.74 Å². The molecule has 0 spiro atoms. The molecule has 1 fully saturated rings. The van der Waals surface area contributed by atoms with Gasteiger partial charge in [0.05, 0.1) is 30.4 Å². The lowest BCUT2D eigenvalue weighted by Gasteiger charge is -2.20. The third-order valence-corrected chi connectivity index (χ3v) is 7.13. The van der Waals surface area contributed by atoms with Crippen molar-refractivity contribution in [2.75, 3.05) is 45.0 Å². The minimum Gasteiger partial charge on any atom is -0.493 e. The number of aromatic nitrogens is 1. The molecule has 1 aromatic heterocycles. The molecule has 11 nitrogen and oxygen atoms in total. The lowest BCUT2D eigenvalue weighted by molar-refractivity contribution is -0.385. The van der Waals surface area contributed by atoms with E-state index in [2.05, 4.69) is 16.9 Å². The Hall–Kier alpha value is -3.45. The molecule has 13 heteroatoms. The third kappa shape index (κ3) is 7.02. The predicted molar refractivity (Wildman–Crippen MR) is 133 cm³/mol. The number of hydrogen-bond acceptors (Lipinski definition) is 10. The molecule has 1 saturated heterocycles. The molecule has 0 unspecified atom stereocenters. The van der Waals surface area contributed by atoms with E-state index in [-0.39, 0.29) is 29.5 Å². The summed E-state index contributed by atoms with van der Waals surface area (Å²) in [6.07, 6.45) is 1.19. The minimum atomic E-state index is -0.726. The van der Waals surface area contributed by atoms with Gasteiger partial charge in [0.2, 0.25) is 0 Å². The second-order valence-electron chi connectivity index (χ2n) is 7.26. The summed E-state index contributed by atoms with van der Waals surface area (Å²) in [6, 6.07) is 5.97. The zero-order valence-corrected chi connectivity index (χ0v) is 20.8. The maximum atomic E-state index is 13.1. The number of carbonyl (C=O) groups excluding carboxylic acids is 2. The van der Waals surface area contributed by atoms with E-state index in [1.165, 1.54) is 60.2 Å². The number of likely N-dealkylation sites (tertiary alicyclic amines) is 1. The van der Waals surface area contributed by atoms with Gasteiger partial charge in [0.15, 0.2) is 11.5 Å². The fraction of sp³-hybridized carbons (Fsp3) is 0.318. The van der Waals surface area contributed by atoms with Gasteiger partial charge in [-0.25, -0.2) is 9.78 Å². The first-order valence-corrected chi connectivity index (χ1v) is 12.7. The van der Waals surface area contributed by atoms with Crippen molar-refractivity contribution in [3.8, 4) is 11.5 Å². The number of rotatable bonds is 10. The number of carbonyl (C=O) groups is 2. The maximum Gasteiger partial charge on any atom is 0.411 e. The Morgan fingerprint density at radius 3 is 2.60 bits per heavy atom. The van der Waals surface area contributed by atoms with E-state index in [0.29, 0.717) is 35.4 Å². The van der Waals surface area contributed by atoms with Gasteiger partial charge in [-0.2, -0.15) is 0 Å². The average molecular weight is 521 g/mol. The molecule has 2 aromatic rings. The first-order chi connectivity index (χ1) is 16.8. The van der Waals surface area contributed by atoms with Crippen LogP contribution in [-0.4, -0.2) is 66.5 Å². The van der Waals surface area contributed by atoms with Gasteiger partial charge < -0.3 is 19.1 Å². The van der Waals surface area contributed by atoms with Crippen molar-refractivity contribution in [1.29, 1.82) is 0 Å². The molecule has 2 heterocycles. The highest BCUT2D eigenvalue weighted by molar-refractivity contribution is 8.76. The van der Waals surface area contributed by atoms with E-state index in [1.54, 1.807) is 11.0 Å². The maximum absolute atomic E-state index is 13.1. The van der Waals surface area contributed by atoms with Gasteiger partial charge in [-0.15, -0.1) is 0 Å². The third-order valence-electron chi connectivity index (χ3n) is 4.90. The highest BCUT2D eigenvalue weighted by atomic mass is 33.1. The quantitative estimate of drug-likeness (QED) is 0.158. The van der Waals surface area contributed by atoms with E-state index >= 15 is 0 Å². The van der Waals surface area contributed by atoms with Crippen LogP contribution < -0.4 is 14.8 Å². The number of ether oxygens (including phenoxy) is 3. The molecule has 0 atom stereocenters. The summed E-state index contributed by atoms with van der Waals surface area (Å²) in [7, 11) is 5.61. The number of hydrogen-bond donors (Lipinski definition) is 1. The number of nitrogens with one attached hydrogen (secondary N) is 1. The van der Waals surface area contributed by atoms with E-state index < -0.39 is 11.0 Å². The van der Waals surface area contributed by atoms with E-state index in [0.717, 1.165) is 12.0 Å². The molecule has 0 saturated carbocycles. The molecule has 1 aliphatic rings. The first kappa shape index (κ1) is 26.2. The Balaban J connectivity index is 1.57. The van der Waals surface area contributed by atoms with E-state index in [9.17, 15) is 19.7 Å². The Bertz CT molecular complexity index is 1110. The van der Waals surface area contributed by atoms with Crippen LogP contribution in [0.5, 0.6) is 11.5 Å². The van der Waals surface area contributed by atoms with E-state index in [1.807, 2.05) is 0 Å². The van der Waals surface area contributed by atoms with Crippen LogP contribution in [0.15, 0.2) is 47.6 Å². The number of benzene rings is 1. The second-order valence-corrected chi connectivity index (χ2v) is 9.69. The average Bonchev–Trinajstić information content (AvgIpc) is 3.29. The molecule has 1 aromatic carbocycles. The number of amides is 2. The Labute approximate surface area is 209 Å². The van der Waals surface area contributed by atoms with Crippen LogP contribution in [0.4, 0.5) is 16.2 Å².